The van der Waals surface area contributed by atoms with Crippen molar-refractivity contribution < 1.29 is 9.90 Å². The van der Waals surface area contributed by atoms with Gasteiger partial charge in [0.25, 0.3) is 0 Å². The molecule has 3 nitrogen and oxygen atoms in total. The van der Waals surface area contributed by atoms with E-state index in [2.05, 4.69) is 4.99 Å². The molecule has 0 spiro atoms. The van der Waals surface area contributed by atoms with Crippen molar-refractivity contribution in [2.24, 2.45) is 4.99 Å². The molecular formula is C22H19NO2. The number of rotatable bonds is 6. The molecule has 0 heterocycles. The molecule has 0 amide bonds. The van der Waals surface area contributed by atoms with Gasteiger partial charge in [-0.3, -0.25) is 9.79 Å². The zero-order valence-corrected chi connectivity index (χ0v) is 13.7. The van der Waals surface area contributed by atoms with E-state index >= 15 is 0 Å². The van der Waals surface area contributed by atoms with Crippen LogP contribution in [-0.2, 0) is 10.4 Å². The fourth-order valence-electron chi connectivity index (χ4n) is 2.73. The molecule has 0 bridgehead atoms. The van der Waals surface area contributed by atoms with E-state index in [0.717, 1.165) is 5.56 Å². The Labute approximate surface area is 147 Å². The Morgan fingerprint density at radius 1 is 0.800 bits per heavy atom. The van der Waals surface area contributed by atoms with Crippen LogP contribution in [0.5, 0.6) is 0 Å². The molecule has 25 heavy (non-hydrogen) atoms. The van der Waals surface area contributed by atoms with Gasteiger partial charge < -0.3 is 5.11 Å². The Bertz CT molecular complexity index is 803. The second-order valence-electron chi connectivity index (χ2n) is 5.75. The molecule has 0 aliphatic heterocycles. The summed E-state index contributed by atoms with van der Waals surface area (Å²) < 4.78 is 0. The van der Waals surface area contributed by atoms with E-state index < -0.39 is 5.60 Å². The highest BCUT2D eigenvalue weighted by molar-refractivity contribution is 5.94. The van der Waals surface area contributed by atoms with Gasteiger partial charge in [0.05, 0.1) is 0 Å². The van der Waals surface area contributed by atoms with E-state index in [9.17, 15) is 9.90 Å². The quantitative estimate of drug-likeness (QED) is 0.702. The fraction of sp³-hybridized carbons (Fsp3) is 0.0909. The highest BCUT2D eigenvalue weighted by atomic mass is 16.3. The van der Waals surface area contributed by atoms with Gasteiger partial charge in [-0.15, -0.1) is 0 Å². The van der Waals surface area contributed by atoms with Crippen LogP contribution < -0.4 is 0 Å². The van der Waals surface area contributed by atoms with Crippen molar-refractivity contribution in [3.8, 4) is 0 Å². The van der Waals surface area contributed by atoms with Gasteiger partial charge in [0.15, 0.2) is 11.4 Å². The highest BCUT2D eigenvalue weighted by Crippen LogP contribution is 2.30. The average molecular weight is 329 g/mol. The fourth-order valence-corrected chi connectivity index (χ4v) is 2.73. The van der Waals surface area contributed by atoms with Gasteiger partial charge in [0.2, 0.25) is 0 Å². The SMILES string of the molecule is O=C(CN=Cc1ccccc1)C(O)(c1ccccc1)c1ccccc1. The van der Waals surface area contributed by atoms with Crippen molar-refractivity contribution in [2.45, 2.75) is 5.60 Å². The summed E-state index contributed by atoms with van der Waals surface area (Å²) in [5.41, 5.74) is 0.289. The van der Waals surface area contributed by atoms with Gasteiger partial charge in [0.1, 0.15) is 6.54 Å². The molecule has 1 N–H and O–H groups in total. The highest BCUT2D eigenvalue weighted by Gasteiger charge is 2.38. The number of carbonyl (C=O) groups is 1. The van der Waals surface area contributed by atoms with Gasteiger partial charge in [-0.2, -0.15) is 0 Å². The summed E-state index contributed by atoms with van der Waals surface area (Å²) in [6.07, 6.45) is 1.65. The van der Waals surface area contributed by atoms with Crippen LogP contribution in [0, 0.1) is 0 Å². The van der Waals surface area contributed by atoms with Gasteiger partial charge in [-0.25, -0.2) is 0 Å². The molecule has 3 heteroatoms. The van der Waals surface area contributed by atoms with Crippen molar-refractivity contribution in [3.63, 3.8) is 0 Å². The number of aliphatic imine (C=N–C) groups is 1. The monoisotopic (exact) mass is 329 g/mol. The summed E-state index contributed by atoms with van der Waals surface area (Å²) in [7, 11) is 0. The lowest BCUT2D eigenvalue weighted by molar-refractivity contribution is -0.132. The first-order valence-corrected chi connectivity index (χ1v) is 8.13. The van der Waals surface area contributed by atoms with Crippen LogP contribution in [0.3, 0.4) is 0 Å². The van der Waals surface area contributed by atoms with Crippen LogP contribution in [0.1, 0.15) is 16.7 Å². The van der Waals surface area contributed by atoms with Gasteiger partial charge in [-0.1, -0.05) is 91.0 Å². The van der Waals surface area contributed by atoms with Crippen LogP contribution in [0.15, 0.2) is 96.0 Å². The molecule has 0 aromatic heterocycles. The maximum atomic E-state index is 12.9. The lowest BCUT2D eigenvalue weighted by Gasteiger charge is -2.27. The number of nitrogens with zero attached hydrogens (tertiary/aromatic N) is 1. The first-order chi connectivity index (χ1) is 12.2. The number of hydrogen-bond acceptors (Lipinski definition) is 3. The smallest absolute Gasteiger partial charge is 0.194 e. The third kappa shape index (κ3) is 3.73. The van der Waals surface area contributed by atoms with Crippen molar-refractivity contribution in [2.75, 3.05) is 6.54 Å². The largest absolute Gasteiger partial charge is 0.373 e. The van der Waals surface area contributed by atoms with E-state index in [1.165, 1.54) is 0 Å². The molecule has 0 saturated heterocycles. The predicted molar refractivity (Wildman–Crippen MR) is 99.8 cm³/mol. The number of benzene rings is 3. The molecule has 0 saturated carbocycles. The minimum Gasteiger partial charge on any atom is -0.373 e. The standard InChI is InChI=1S/C22H19NO2/c24-21(17-23-16-18-10-4-1-5-11-18)22(25,19-12-6-2-7-13-19)20-14-8-3-9-15-20/h1-16,25H,17H2. The average Bonchev–Trinajstić information content (AvgIpc) is 2.69. The number of carbonyl (C=O) groups excluding carboxylic acids is 1. The summed E-state index contributed by atoms with van der Waals surface area (Å²) >= 11 is 0. The van der Waals surface area contributed by atoms with Gasteiger partial charge in [0, 0.05) is 6.21 Å². The van der Waals surface area contributed by atoms with Crippen LogP contribution >= 0.6 is 0 Å². The lowest BCUT2D eigenvalue weighted by Crippen LogP contribution is -2.38. The molecule has 0 unspecified atom stereocenters. The minimum atomic E-state index is -1.71. The molecule has 3 rings (SSSR count). The summed E-state index contributed by atoms with van der Waals surface area (Å²) in [4.78, 5) is 17.1. The molecule has 0 fully saturated rings. The van der Waals surface area contributed by atoms with Crippen LogP contribution in [0.4, 0.5) is 0 Å². The topological polar surface area (TPSA) is 49.7 Å². The Balaban J connectivity index is 1.90. The van der Waals surface area contributed by atoms with Crippen molar-refractivity contribution >= 4 is 12.0 Å². The summed E-state index contributed by atoms with van der Waals surface area (Å²) in [5, 5.41) is 11.3. The summed E-state index contributed by atoms with van der Waals surface area (Å²) in [5.74, 6) is -0.364. The van der Waals surface area contributed by atoms with Crippen molar-refractivity contribution in [1.82, 2.24) is 0 Å². The van der Waals surface area contributed by atoms with E-state index in [1.807, 2.05) is 66.7 Å². The van der Waals surface area contributed by atoms with Crippen molar-refractivity contribution in [3.05, 3.63) is 108 Å². The Hall–Kier alpha value is -3.04. The Morgan fingerprint density at radius 2 is 1.24 bits per heavy atom. The van der Waals surface area contributed by atoms with E-state index in [-0.39, 0.29) is 12.3 Å². The summed E-state index contributed by atoms with van der Waals surface area (Å²) in [6, 6.07) is 27.5. The minimum absolute atomic E-state index is 0.102. The molecule has 124 valence electrons. The Morgan fingerprint density at radius 3 is 1.72 bits per heavy atom. The maximum absolute atomic E-state index is 12.9. The number of Topliss-reactive ketones (excluding diaryl/α,β-unsaturated/α-hetero) is 1. The van der Waals surface area contributed by atoms with Crippen LogP contribution in [0.25, 0.3) is 0 Å². The number of hydrogen-bond donors (Lipinski definition) is 1. The van der Waals surface area contributed by atoms with Crippen LogP contribution in [0.2, 0.25) is 0 Å². The lowest BCUT2D eigenvalue weighted by atomic mass is 9.82. The number of aliphatic hydroxyl groups is 1. The third-order valence-corrected chi connectivity index (χ3v) is 4.06. The maximum Gasteiger partial charge on any atom is 0.194 e. The second kappa shape index (κ2) is 7.69. The first kappa shape index (κ1) is 16.8. The van der Waals surface area contributed by atoms with Crippen molar-refractivity contribution in [1.29, 1.82) is 0 Å². The van der Waals surface area contributed by atoms with E-state index in [4.69, 9.17) is 0 Å². The molecular weight excluding hydrogens is 310 g/mol. The normalized spacial score (nSPS) is 11.6. The molecule has 0 aliphatic carbocycles. The molecule has 3 aromatic rings. The van der Waals surface area contributed by atoms with E-state index in [1.54, 1.807) is 30.5 Å². The predicted octanol–water partition coefficient (Wildman–Crippen LogP) is 3.61. The first-order valence-electron chi connectivity index (χ1n) is 8.13. The third-order valence-electron chi connectivity index (χ3n) is 4.06. The van der Waals surface area contributed by atoms with E-state index in [0.29, 0.717) is 11.1 Å². The molecule has 3 aromatic carbocycles. The Kier molecular flexibility index (Phi) is 5.17. The molecule has 0 radical (unpaired) electrons. The van der Waals surface area contributed by atoms with Gasteiger partial charge in [-0.05, 0) is 16.7 Å². The zero-order chi connectivity index (χ0) is 17.5. The molecule has 0 aliphatic rings. The second-order valence-corrected chi connectivity index (χ2v) is 5.75. The number of ketones is 1. The van der Waals surface area contributed by atoms with Gasteiger partial charge >= 0.3 is 0 Å². The van der Waals surface area contributed by atoms with Crippen LogP contribution in [-0.4, -0.2) is 23.6 Å². The summed E-state index contributed by atoms with van der Waals surface area (Å²) in [6.45, 7) is -0.102. The molecule has 0 atom stereocenters. The zero-order valence-electron chi connectivity index (χ0n) is 13.7.